The topological polar surface area (TPSA) is 69.0 Å². The molecule has 30 heavy (non-hydrogen) atoms. The van der Waals surface area contributed by atoms with Gasteiger partial charge in [-0.3, -0.25) is 9.36 Å². The molecule has 0 bridgehead atoms. The average Bonchev–Trinajstić information content (AvgIpc) is 3.12. The van der Waals surface area contributed by atoms with E-state index in [1.165, 1.54) is 23.9 Å². The summed E-state index contributed by atoms with van der Waals surface area (Å²) in [4.78, 5) is 12.1. The minimum atomic E-state index is -0.550. The monoisotopic (exact) mass is 488 g/mol. The maximum Gasteiger partial charge on any atom is 0.230 e. The van der Waals surface area contributed by atoms with Crippen LogP contribution in [-0.4, -0.2) is 46.7 Å². The molecular weight excluding hydrogens is 474 g/mol. The van der Waals surface area contributed by atoms with Gasteiger partial charge in [0, 0.05) is 24.2 Å². The van der Waals surface area contributed by atoms with E-state index in [0.717, 1.165) is 0 Å². The van der Waals surface area contributed by atoms with Crippen molar-refractivity contribution in [3.05, 3.63) is 57.3 Å². The summed E-state index contributed by atoms with van der Waals surface area (Å²) in [5.74, 6) is -0.228. The molecule has 6 nitrogen and oxygen atoms in total. The number of nitrogens with one attached hydrogen (secondary N) is 1. The van der Waals surface area contributed by atoms with Gasteiger partial charge >= 0.3 is 0 Å². The molecule has 3 aromatic rings. The van der Waals surface area contributed by atoms with Crippen molar-refractivity contribution in [2.75, 3.05) is 26.0 Å². The Morgan fingerprint density at radius 1 is 1.17 bits per heavy atom. The summed E-state index contributed by atoms with van der Waals surface area (Å²) < 4.78 is 20.3. The number of benzene rings is 2. The highest BCUT2D eigenvalue weighted by atomic mass is 35.5. The maximum absolute atomic E-state index is 13.7. The average molecular weight is 490 g/mol. The van der Waals surface area contributed by atoms with Crippen LogP contribution in [0.5, 0.6) is 0 Å². The molecule has 1 heterocycles. The zero-order valence-electron chi connectivity index (χ0n) is 15.7. The standard InChI is InChI=1S/C19H16Cl3FN4O2S/c1-29-7-6-24-17(28)10-30-19-26-25-18(13-4-2-11(20)8-14(13)21)27(19)12-3-5-16(23)15(22)9-12/h2-5,8-9H,6-7,10H2,1H3,(H,24,28). The lowest BCUT2D eigenvalue weighted by molar-refractivity contribution is -0.118. The van der Waals surface area contributed by atoms with Crippen LogP contribution in [-0.2, 0) is 9.53 Å². The van der Waals surface area contributed by atoms with E-state index < -0.39 is 5.82 Å². The molecule has 0 aliphatic carbocycles. The molecular formula is C19H16Cl3FN4O2S. The fourth-order valence-electron chi connectivity index (χ4n) is 2.54. The lowest BCUT2D eigenvalue weighted by Gasteiger charge is -2.12. The number of ether oxygens (including phenoxy) is 1. The zero-order chi connectivity index (χ0) is 21.7. The Labute approximate surface area is 191 Å². The van der Waals surface area contributed by atoms with Gasteiger partial charge in [0.05, 0.1) is 28.1 Å². The number of carbonyl (C=O) groups excluding carboxylic acids is 1. The fourth-order valence-corrected chi connectivity index (χ4v) is 3.99. The summed E-state index contributed by atoms with van der Waals surface area (Å²) >= 11 is 19.5. The number of methoxy groups -OCH3 is 1. The number of hydrogen-bond donors (Lipinski definition) is 1. The highest BCUT2D eigenvalue weighted by Gasteiger charge is 2.20. The van der Waals surface area contributed by atoms with Crippen molar-refractivity contribution in [1.82, 2.24) is 20.1 Å². The van der Waals surface area contributed by atoms with Crippen molar-refractivity contribution in [3.63, 3.8) is 0 Å². The third kappa shape index (κ3) is 5.44. The molecule has 0 aliphatic rings. The third-order valence-corrected chi connectivity index (χ3v) is 5.69. The molecule has 0 saturated heterocycles. The third-order valence-electron chi connectivity index (χ3n) is 3.93. The Morgan fingerprint density at radius 3 is 2.67 bits per heavy atom. The van der Waals surface area contributed by atoms with E-state index in [4.69, 9.17) is 39.5 Å². The van der Waals surface area contributed by atoms with E-state index >= 15 is 0 Å². The lowest BCUT2D eigenvalue weighted by Crippen LogP contribution is -2.28. The Kier molecular flexibility index (Phi) is 7.96. The number of hydrogen-bond acceptors (Lipinski definition) is 5. The Hall–Kier alpha value is -1.84. The molecule has 1 amide bonds. The zero-order valence-corrected chi connectivity index (χ0v) is 18.7. The van der Waals surface area contributed by atoms with Gasteiger partial charge in [-0.15, -0.1) is 10.2 Å². The minimum absolute atomic E-state index is 0.0531. The lowest BCUT2D eigenvalue weighted by atomic mass is 10.2. The predicted octanol–water partition coefficient (Wildman–Crippen LogP) is 4.89. The Balaban J connectivity index is 1.97. The number of nitrogens with zero attached hydrogens (tertiary/aromatic N) is 3. The first-order chi connectivity index (χ1) is 14.4. The summed E-state index contributed by atoms with van der Waals surface area (Å²) in [6.07, 6.45) is 0. The highest BCUT2D eigenvalue weighted by molar-refractivity contribution is 7.99. The van der Waals surface area contributed by atoms with Gasteiger partial charge in [0.15, 0.2) is 11.0 Å². The van der Waals surface area contributed by atoms with Crippen molar-refractivity contribution >= 4 is 52.5 Å². The molecule has 11 heteroatoms. The van der Waals surface area contributed by atoms with Crippen LogP contribution in [0.1, 0.15) is 0 Å². The SMILES string of the molecule is COCCNC(=O)CSc1nnc(-c2ccc(Cl)cc2Cl)n1-c1ccc(F)c(Cl)c1. The summed E-state index contributed by atoms with van der Waals surface area (Å²) in [5.41, 5.74) is 1.10. The van der Waals surface area contributed by atoms with Crippen LogP contribution in [0.3, 0.4) is 0 Å². The van der Waals surface area contributed by atoms with Crippen LogP contribution < -0.4 is 5.32 Å². The fraction of sp³-hybridized carbons (Fsp3) is 0.211. The molecule has 0 fully saturated rings. The molecule has 0 saturated carbocycles. The number of thioether (sulfide) groups is 1. The van der Waals surface area contributed by atoms with E-state index in [1.54, 1.807) is 35.9 Å². The first-order valence-electron chi connectivity index (χ1n) is 8.65. The summed E-state index contributed by atoms with van der Waals surface area (Å²) in [6.45, 7) is 0.821. The first-order valence-corrected chi connectivity index (χ1v) is 10.8. The quantitative estimate of drug-likeness (QED) is 0.360. The molecule has 2 aromatic carbocycles. The van der Waals surface area contributed by atoms with Crippen LogP contribution in [0.25, 0.3) is 17.1 Å². The van der Waals surface area contributed by atoms with Gasteiger partial charge in [-0.25, -0.2) is 4.39 Å². The van der Waals surface area contributed by atoms with Gasteiger partial charge in [-0.2, -0.15) is 0 Å². The highest BCUT2D eigenvalue weighted by Crippen LogP contribution is 2.34. The minimum Gasteiger partial charge on any atom is -0.383 e. The van der Waals surface area contributed by atoms with E-state index in [-0.39, 0.29) is 16.7 Å². The van der Waals surface area contributed by atoms with E-state index in [1.807, 2.05) is 0 Å². The van der Waals surface area contributed by atoms with Crippen LogP contribution in [0.4, 0.5) is 4.39 Å². The van der Waals surface area contributed by atoms with Gasteiger partial charge in [-0.05, 0) is 36.4 Å². The molecule has 1 aromatic heterocycles. The van der Waals surface area contributed by atoms with Gasteiger partial charge in [-0.1, -0.05) is 46.6 Å². The molecule has 158 valence electrons. The smallest absolute Gasteiger partial charge is 0.230 e. The normalized spacial score (nSPS) is 11.0. The molecule has 0 aliphatic heterocycles. The van der Waals surface area contributed by atoms with Crippen LogP contribution in [0.2, 0.25) is 15.1 Å². The number of amides is 1. The van der Waals surface area contributed by atoms with Gasteiger partial charge in [0.2, 0.25) is 5.91 Å². The Morgan fingerprint density at radius 2 is 1.97 bits per heavy atom. The largest absolute Gasteiger partial charge is 0.383 e. The van der Waals surface area contributed by atoms with Crippen LogP contribution >= 0.6 is 46.6 Å². The molecule has 1 N–H and O–H groups in total. The second kappa shape index (κ2) is 10.5. The number of rotatable bonds is 8. The van der Waals surface area contributed by atoms with Crippen molar-refractivity contribution < 1.29 is 13.9 Å². The van der Waals surface area contributed by atoms with Gasteiger partial charge < -0.3 is 10.1 Å². The van der Waals surface area contributed by atoms with E-state index in [2.05, 4.69) is 15.5 Å². The maximum atomic E-state index is 13.7. The molecule has 0 radical (unpaired) electrons. The summed E-state index contributed by atoms with van der Waals surface area (Å²) in [6, 6.07) is 9.22. The van der Waals surface area contributed by atoms with Crippen LogP contribution in [0.15, 0.2) is 41.6 Å². The molecule has 0 unspecified atom stereocenters. The second-order valence-electron chi connectivity index (χ2n) is 6.00. The number of halogens is 4. The first kappa shape index (κ1) is 22.8. The van der Waals surface area contributed by atoms with Crippen molar-refractivity contribution in [3.8, 4) is 17.1 Å². The molecule has 3 rings (SSSR count). The van der Waals surface area contributed by atoms with Gasteiger partial charge in [0.1, 0.15) is 5.82 Å². The van der Waals surface area contributed by atoms with Crippen LogP contribution in [0, 0.1) is 5.82 Å². The molecule has 0 spiro atoms. The van der Waals surface area contributed by atoms with Crippen molar-refractivity contribution in [1.29, 1.82) is 0 Å². The van der Waals surface area contributed by atoms with Crippen molar-refractivity contribution in [2.45, 2.75) is 5.16 Å². The summed E-state index contributed by atoms with van der Waals surface area (Å²) in [5, 5.41) is 12.4. The van der Waals surface area contributed by atoms with Gasteiger partial charge in [0.25, 0.3) is 0 Å². The number of aromatic nitrogens is 3. The van der Waals surface area contributed by atoms with E-state index in [9.17, 15) is 9.18 Å². The summed E-state index contributed by atoms with van der Waals surface area (Å²) in [7, 11) is 1.56. The van der Waals surface area contributed by atoms with Crippen molar-refractivity contribution in [2.24, 2.45) is 0 Å². The number of carbonyl (C=O) groups is 1. The second-order valence-corrected chi connectivity index (χ2v) is 8.19. The Bertz CT molecular complexity index is 1060. The molecule has 0 atom stereocenters. The predicted molar refractivity (Wildman–Crippen MR) is 117 cm³/mol. The van der Waals surface area contributed by atoms with E-state index in [0.29, 0.717) is 45.4 Å².